The fourth-order valence-electron chi connectivity index (χ4n) is 7.28. The molecular weight excluding hydrogens is 536 g/mol. The highest BCUT2D eigenvalue weighted by atomic mass is 16.6. The van der Waals surface area contributed by atoms with Crippen LogP contribution in [0.25, 0.3) is 10.8 Å². The Kier molecular flexibility index (Phi) is 5.63. The first-order valence-corrected chi connectivity index (χ1v) is 13.7. The zero-order valence-corrected chi connectivity index (χ0v) is 22.4. The highest BCUT2D eigenvalue weighted by molar-refractivity contribution is 6.25. The molecule has 9 nitrogen and oxygen atoms in total. The summed E-state index contributed by atoms with van der Waals surface area (Å²) in [6.07, 6.45) is 3.64. The number of nitrogens with zero attached hydrogens (tertiary/aromatic N) is 2. The summed E-state index contributed by atoms with van der Waals surface area (Å²) in [6, 6.07) is 16.0. The summed E-state index contributed by atoms with van der Waals surface area (Å²) >= 11 is 0. The Morgan fingerprint density at radius 3 is 2.45 bits per heavy atom. The van der Waals surface area contributed by atoms with E-state index in [2.05, 4.69) is 0 Å². The third-order valence-electron chi connectivity index (χ3n) is 9.11. The number of nitro benzene ring substituents is 1. The second-order valence-electron chi connectivity index (χ2n) is 11.2. The van der Waals surface area contributed by atoms with Gasteiger partial charge >= 0.3 is 0 Å². The fraction of sp³-hybridized carbons (Fsp3) is 0.212. The first-order chi connectivity index (χ1) is 20.2. The minimum absolute atomic E-state index is 0.0832. The predicted octanol–water partition coefficient (Wildman–Crippen LogP) is 5.09. The van der Waals surface area contributed by atoms with Crippen LogP contribution in [0.3, 0.4) is 0 Å². The van der Waals surface area contributed by atoms with Crippen molar-refractivity contribution in [2.24, 2.45) is 17.8 Å². The molecule has 42 heavy (non-hydrogen) atoms. The van der Waals surface area contributed by atoms with Gasteiger partial charge in [0.15, 0.2) is 11.6 Å². The Bertz CT molecular complexity index is 1900. The van der Waals surface area contributed by atoms with Crippen molar-refractivity contribution in [2.75, 3.05) is 4.90 Å². The number of phenols is 1. The van der Waals surface area contributed by atoms with Gasteiger partial charge in [0.1, 0.15) is 5.75 Å². The van der Waals surface area contributed by atoms with Gasteiger partial charge in [0.25, 0.3) is 5.69 Å². The molecule has 1 aliphatic heterocycles. The number of non-ortho nitro benzene ring substituents is 1. The molecule has 1 fully saturated rings. The number of carbonyl (C=O) groups excluding carboxylic acids is 4. The van der Waals surface area contributed by atoms with Crippen molar-refractivity contribution in [1.82, 2.24) is 0 Å². The van der Waals surface area contributed by atoms with Gasteiger partial charge in [-0.3, -0.25) is 29.3 Å². The number of amides is 2. The van der Waals surface area contributed by atoms with Crippen LogP contribution in [0.15, 0.2) is 95.1 Å². The fourth-order valence-corrected chi connectivity index (χ4v) is 7.28. The average molecular weight is 561 g/mol. The van der Waals surface area contributed by atoms with E-state index in [4.69, 9.17) is 0 Å². The van der Waals surface area contributed by atoms with Crippen molar-refractivity contribution in [2.45, 2.75) is 25.7 Å². The Balaban J connectivity index is 1.40. The Labute approximate surface area is 239 Å². The maximum atomic E-state index is 14.0. The van der Waals surface area contributed by atoms with Crippen LogP contribution < -0.4 is 4.90 Å². The number of nitro groups is 1. The molecule has 4 atom stereocenters. The lowest BCUT2D eigenvalue weighted by atomic mass is 9.59. The molecule has 1 N–H and O–H groups in total. The lowest BCUT2D eigenvalue weighted by Crippen LogP contribution is -2.39. The van der Waals surface area contributed by atoms with Crippen LogP contribution in [-0.2, 0) is 19.2 Å². The number of allylic oxidation sites excluding steroid dienone is 6. The summed E-state index contributed by atoms with van der Waals surface area (Å²) in [7, 11) is 0. The number of aromatic hydroxyl groups is 1. The minimum atomic E-state index is -0.799. The van der Waals surface area contributed by atoms with Gasteiger partial charge in [-0.25, -0.2) is 4.90 Å². The molecule has 4 aliphatic rings. The maximum Gasteiger partial charge on any atom is 0.271 e. The van der Waals surface area contributed by atoms with Crippen LogP contribution in [-0.4, -0.2) is 33.4 Å². The monoisotopic (exact) mass is 560 g/mol. The number of hydrogen-bond donors (Lipinski definition) is 1. The second kappa shape index (κ2) is 9.17. The van der Waals surface area contributed by atoms with Crippen LogP contribution in [0, 0.1) is 27.9 Å². The van der Waals surface area contributed by atoms with E-state index in [0.29, 0.717) is 22.1 Å². The normalized spacial score (nSPS) is 25.2. The first-order valence-electron chi connectivity index (χ1n) is 13.7. The molecule has 1 heterocycles. The van der Waals surface area contributed by atoms with E-state index in [-0.39, 0.29) is 41.5 Å². The van der Waals surface area contributed by atoms with E-state index in [1.54, 1.807) is 31.2 Å². The van der Waals surface area contributed by atoms with Crippen molar-refractivity contribution in [3.05, 3.63) is 111 Å². The van der Waals surface area contributed by atoms with Crippen LogP contribution in [0.4, 0.5) is 11.4 Å². The Morgan fingerprint density at radius 2 is 1.69 bits per heavy atom. The SMILES string of the molecule is CC1=CC(=O)C2=C(C1=O)C(c1ccc(O)c3ccccc13)C1=CCC3C(=O)N(c4cccc([N+](=O)[O-])c4)C(=O)C3C1C2. The molecule has 4 unspecified atom stereocenters. The number of imide groups is 1. The molecule has 0 spiro atoms. The zero-order valence-electron chi connectivity index (χ0n) is 22.4. The summed E-state index contributed by atoms with van der Waals surface area (Å²) in [5.74, 6) is -4.04. The van der Waals surface area contributed by atoms with Gasteiger partial charge in [0.05, 0.1) is 22.4 Å². The summed E-state index contributed by atoms with van der Waals surface area (Å²) in [4.78, 5) is 66.6. The van der Waals surface area contributed by atoms with E-state index in [9.17, 15) is 34.4 Å². The molecule has 9 heteroatoms. The Morgan fingerprint density at radius 1 is 0.929 bits per heavy atom. The van der Waals surface area contributed by atoms with Crippen molar-refractivity contribution in [1.29, 1.82) is 0 Å². The van der Waals surface area contributed by atoms with Crippen molar-refractivity contribution < 1.29 is 29.2 Å². The summed E-state index contributed by atoms with van der Waals surface area (Å²) in [5.41, 5.74) is 2.48. The summed E-state index contributed by atoms with van der Waals surface area (Å²) < 4.78 is 0. The number of fused-ring (bicyclic) bond motifs is 4. The maximum absolute atomic E-state index is 14.0. The average Bonchev–Trinajstić information content (AvgIpc) is 3.25. The third-order valence-corrected chi connectivity index (χ3v) is 9.11. The van der Waals surface area contributed by atoms with Gasteiger partial charge < -0.3 is 5.11 Å². The molecule has 0 bridgehead atoms. The van der Waals surface area contributed by atoms with Crippen LogP contribution >= 0.6 is 0 Å². The van der Waals surface area contributed by atoms with Gasteiger partial charge in [-0.15, -0.1) is 0 Å². The van der Waals surface area contributed by atoms with Gasteiger partial charge in [0.2, 0.25) is 11.8 Å². The number of phenolic OH excluding ortho intramolecular Hbond substituents is 1. The van der Waals surface area contributed by atoms with E-state index >= 15 is 0 Å². The van der Waals surface area contributed by atoms with Gasteiger partial charge in [-0.1, -0.05) is 48.0 Å². The predicted molar refractivity (Wildman–Crippen MR) is 153 cm³/mol. The Hall–Kier alpha value is -5.18. The van der Waals surface area contributed by atoms with Gasteiger partial charge in [0, 0.05) is 40.2 Å². The zero-order chi connectivity index (χ0) is 29.4. The number of anilines is 1. The van der Waals surface area contributed by atoms with Gasteiger partial charge in [-0.05, 0) is 54.8 Å². The standard InChI is InChI=1S/C33H24N2O7/c1-16-13-27(37)25-15-24-22(28(30(25)31(16)38)21-11-12-26(36)20-8-3-2-7-19(20)21)9-10-23-29(24)33(40)34(32(23)39)17-5-4-6-18(14-17)35(41)42/h2-9,11-14,23-24,28-29,36H,10,15H2,1H3. The second-order valence-corrected chi connectivity index (χ2v) is 11.2. The molecule has 7 rings (SSSR count). The lowest BCUT2D eigenvalue weighted by molar-refractivity contribution is -0.384. The molecule has 2 amide bonds. The number of ketones is 2. The van der Waals surface area contributed by atoms with Crippen molar-refractivity contribution in [3.8, 4) is 5.75 Å². The van der Waals surface area contributed by atoms with E-state index in [1.807, 2.05) is 18.2 Å². The molecule has 208 valence electrons. The van der Waals surface area contributed by atoms with E-state index in [0.717, 1.165) is 21.4 Å². The first kappa shape index (κ1) is 25.8. The number of rotatable bonds is 3. The number of hydrogen-bond acceptors (Lipinski definition) is 7. The number of carbonyl (C=O) groups is 4. The van der Waals surface area contributed by atoms with E-state index < -0.39 is 40.4 Å². The summed E-state index contributed by atoms with van der Waals surface area (Å²) in [5, 5.41) is 23.3. The molecule has 3 aromatic carbocycles. The van der Waals surface area contributed by atoms with Crippen LogP contribution in [0.5, 0.6) is 5.75 Å². The molecular formula is C33H24N2O7. The van der Waals surface area contributed by atoms with Gasteiger partial charge in [-0.2, -0.15) is 0 Å². The summed E-state index contributed by atoms with van der Waals surface area (Å²) in [6.45, 7) is 1.61. The van der Waals surface area contributed by atoms with Crippen LogP contribution in [0.2, 0.25) is 0 Å². The van der Waals surface area contributed by atoms with Crippen molar-refractivity contribution >= 4 is 45.5 Å². The highest BCUT2D eigenvalue weighted by Crippen LogP contribution is 2.56. The smallest absolute Gasteiger partial charge is 0.271 e. The largest absolute Gasteiger partial charge is 0.507 e. The lowest BCUT2D eigenvalue weighted by Gasteiger charge is -2.42. The third kappa shape index (κ3) is 3.56. The quantitative estimate of drug-likeness (QED) is 0.155. The van der Waals surface area contributed by atoms with Crippen molar-refractivity contribution in [3.63, 3.8) is 0 Å². The van der Waals surface area contributed by atoms with E-state index in [1.165, 1.54) is 30.3 Å². The molecule has 1 saturated heterocycles. The number of benzene rings is 3. The highest BCUT2D eigenvalue weighted by Gasteiger charge is 2.56. The minimum Gasteiger partial charge on any atom is -0.507 e. The van der Waals surface area contributed by atoms with Crippen LogP contribution in [0.1, 0.15) is 31.2 Å². The molecule has 3 aliphatic carbocycles. The topological polar surface area (TPSA) is 135 Å². The molecule has 0 saturated carbocycles. The number of Topliss-reactive ketones (excluding diaryl/α,β-unsaturated/α-hetero) is 1. The molecule has 0 aromatic heterocycles. The molecule has 3 aromatic rings. The molecule has 0 radical (unpaired) electrons.